The second kappa shape index (κ2) is 8.52. The Morgan fingerprint density at radius 2 is 1.86 bits per heavy atom. The SMILES string of the molecule is CNC(=O)CCNC(=O)/C=C\c1ccc(C(=O)OC)cc1. The number of esters is 1. The smallest absolute Gasteiger partial charge is 0.337 e. The van der Waals surface area contributed by atoms with Crippen LogP contribution in [0.1, 0.15) is 22.3 Å². The predicted molar refractivity (Wildman–Crippen MR) is 78.5 cm³/mol. The molecule has 2 amide bonds. The Balaban J connectivity index is 2.47. The first-order valence-electron chi connectivity index (χ1n) is 6.41. The number of hydrogen-bond acceptors (Lipinski definition) is 4. The summed E-state index contributed by atoms with van der Waals surface area (Å²) < 4.78 is 4.59. The maximum Gasteiger partial charge on any atom is 0.337 e. The molecule has 0 heterocycles. The molecular formula is C15H18N2O4. The number of carbonyl (C=O) groups excluding carboxylic acids is 3. The van der Waals surface area contributed by atoms with Gasteiger partial charge in [-0.1, -0.05) is 12.1 Å². The van der Waals surface area contributed by atoms with Gasteiger partial charge < -0.3 is 15.4 Å². The van der Waals surface area contributed by atoms with Crippen LogP contribution in [0.5, 0.6) is 0 Å². The van der Waals surface area contributed by atoms with Crippen molar-refractivity contribution in [3.8, 4) is 0 Å². The second-order valence-corrected chi connectivity index (χ2v) is 4.16. The number of methoxy groups -OCH3 is 1. The molecule has 0 spiro atoms. The predicted octanol–water partition coefficient (Wildman–Crippen LogP) is 0.739. The Morgan fingerprint density at radius 1 is 1.19 bits per heavy atom. The van der Waals surface area contributed by atoms with Crippen LogP contribution in [0.3, 0.4) is 0 Å². The molecule has 0 aromatic heterocycles. The summed E-state index contributed by atoms with van der Waals surface area (Å²) in [5.41, 5.74) is 1.23. The van der Waals surface area contributed by atoms with Crippen molar-refractivity contribution in [2.45, 2.75) is 6.42 Å². The number of carbonyl (C=O) groups is 3. The fourth-order valence-electron chi connectivity index (χ4n) is 1.50. The topological polar surface area (TPSA) is 84.5 Å². The van der Waals surface area contributed by atoms with Gasteiger partial charge in [0.05, 0.1) is 12.7 Å². The zero-order valence-corrected chi connectivity index (χ0v) is 12.0. The Labute approximate surface area is 123 Å². The quantitative estimate of drug-likeness (QED) is 0.598. The number of amides is 2. The van der Waals surface area contributed by atoms with Gasteiger partial charge in [-0.2, -0.15) is 0 Å². The summed E-state index contributed by atoms with van der Waals surface area (Å²) in [5, 5.41) is 5.07. The minimum absolute atomic E-state index is 0.127. The molecule has 21 heavy (non-hydrogen) atoms. The van der Waals surface area contributed by atoms with Crippen molar-refractivity contribution in [1.29, 1.82) is 0 Å². The van der Waals surface area contributed by atoms with Gasteiger partial charge in [0.15, 0.2) is 0 Å². The van der Waals surface area contributed by atoms with Crippen LogP contribution < -0.4 is 10.6 Å². The lowest BCUT2D eigenvalue weighted by Gasteiger charge is -2.01. The summed E-state index contributed by atoms with van der Waals surface area (Å²) in [4.78, 5) is 33.7. The summed E-state index contributed by atoms with van der Waals surface area (Å²) in [6.07, 6.45) is 3.23. The first kappa shape index (κ1) is 16.4. The average Bonchev–Trinajstić information content (AvgIpc) is 2.52. The van der Waals surface area contributed by atoms with E-state index in [-0.39, 0.29) is 24.8 Å². The summed E-state index contributed by atoms with van der Waals surface area (Å²) in [6, 6.07) is 6.66. The summed E-state index contributed by atoms with van der Waals surface area (Å²) >= 11 is 0. The van der Waals surface area contributed by atoms with Crippen molar-refractivity contribution in [1.82, 2.24) is 10.6 Å². The highest BCUT2D eigenvalue weighted by Crippen LogP contribution is 2.07. The van der Waals surface area contributed by atoms with E-state index in [1.54, 1.807) is 37.4 Å². The van der Waals surface area contributed by atoms with Crippen LogP contribution in [-0.2, 0) is 14.3 Å². The molecule has 1 rings (SSSR count). The van der Waals surface area contributed by atoms with Crippen LogP contribution in [0, 0.1) is 0 Å². The first-order chi connectivity index (χ1) is 10.1. The molecule has 0 saturated carbocycles. The minimum Gasteiger partial charge on any atom is -0.465 e. The van der Waals surface area contributed by atoms with Gasteiger partial charge in [-0.15, -0.1) is 0 Å². The van der Waals surface area contributed by atoms with Gasteiger partial charge in [-0.25, -0.2) is 4.79 Å². The molecule has 0 saturated heterocycles. The lowest BCUT2D eigenvalue weighted by molar-refractivity contribution is -0.120. The van der Waals surface area contributed by atoms with Crippen molar-refractivity contribution in [2.75, 3.05) is 20.7 Å². The van der Waals surface area contributed by atoms with Gasteiger partial charge in [-0.05, 0) is 23.8 Å². The molecule has 0 aliphatic heterocycles. The third-order valence-electron chi connectivity index (χ3n) is 2.69. The minimum atomic E-state index is -0.405. The van der Waals surface area contributed by atoms with Crippen molar-refractivity contribution in [3.63, 3.8) is 0 Å². The lowest BCUT2D eigenvalue weighted by atomic mass is 10.1. The standard InChI is InChI=1S/C15H18N2O4/c1-16-13(18)9-10-17-14(19)8-5-11-3-6-12(7-4-11)15(20)21-2/h3-8H,9-10H2,1-2H3,(H,16,18)(H,17,19)/b8-5-. The highest BCUT2D eigenvalue weighted by Gasteiger charge is 2.03. The molecule has 0 unspecified atom stereocenters. The Bertz CT molecular complexity index is 535. The third kappa shape index (κ3) is 5.90. The average molecular weight is 290 g/mol. The van der Waals surface area contributed by atoms with E-state index in [1.165, 1.54) is 13.2 Å². The fourth-order valence-corrected chi connectivity index (χ4v) is 1.50. The van der Waals surface area contributed by atoms with Crippen LogP contribution in [0.15, 0.2) is 30.3 Å². The summed E-state index contributed by atoms with van der Waals surface area (Å²) in [5.74, 6) is -0.814. The monoisotopic (exact) mass is 290 g/mol. The zero-order valence-electron chi connectivity index (χ0n) is 12.0. The van der Waals surface area contributed by atoms with Gasteiger partial charge in [0.1, 0.15) is 0 Å². The van der Waals surface area contributed by atoms with E-state index in [2.05, 4.69) is 15.4 Å². The van der Waals surface area contributed by atoms with E-state index in [0.29, 0.717) is 5.56 Å². The van der Waals surface area contributed by atoms with E-state index in [1.807, 2.05) is 0 Å². The van der Waals surface area contributed by atoms with Gasteiger partial charge in [0.25, 0.3) is 0 Å². The molecule has 0 radical (unpaired) electrons. The van der Waals surface area contributed by atoms with Crippen LogP contribution in [-0.4, -0.2) is 38.5 Å². The van der Waals surface area contributed by atoms with Crippen LogP contribution in [0.2, 0.25) is 0 Å². The van der Waals surface area contributed by atoms with Crippen molar-refractivity contribution < 1.29 is 19.1 Å². The van der Waals surface area contributed by atoms with Gasteiger partial charge in [-0.3, -0.25) is 9.59 Å². The van der Waals surface area contributed by atoms with E-state index in [0.717, 1.165) is 5.56 Å². The molecule has 6 nitrogen and oxygen atoms in total. The van der Waals surface area contributed by atoms with E-state index in [4.69, 9.17) is 0 Å². The lowest BCUT2D eigenvalue weighted by Crippen LogP contribution is -2.27. The van der Waals surface area contributed by atoms with Crippen molar-refractivity contribution >= 4 is 23.9 Å². The largest absolute Gasteiger partial charge is 0.465 e. The van der Waals surface area contributed by atoms with Gasteiger partial charge in [0, 0.05) is 26.1 Å². The third-order valence-corrected chi connectivity index (χ3v) is 2.69. The summed E-state index contributed by atoms with van der Waals surface area (Å²) in [7, 11) is 2.86. The molecule has 1 aromatic rings. The molecule has 2 N–H and O–H groups in total. The molecule has 0 aliphatic carbocycles. The molecule has 6 heteroatoms. The van der Waals surface area contributed by atoms with E-state index < -0.39 is 5.97 Å². The molecular weight excluding hydrogens is 272 g/mol. The highest BCUT2D eigenvalue weighted by atomic mass is 16.5. The van der Waals surface area contributed by atoms with Gasteiger partial charge in [0.2, 0.25) is 11.8 Å². The Morgan fingerprint density at radius 3 is 2.43 bits per heavy atom. The zero-order chi connectivity index (χ0) is 15.7. The molecule has 112 valence electrons. The number of benzene rings is 1. The van der Waals surface area contributed by atoms with Gasteiger partial charge >= 0.3 is 5.97 Å². The highest BCUT2D eigenvalue weighted by molar-refractivity contribution is 5.92. The number of nitrogens with one attached hydrogen (secondary N) is 2. The normalized spacial score (nSPS) is 10.2. The van der Waals surface area contributed by atoms with Crippen LogP contribution in [0.4, 0.5) is 0 Å². The first-order valence-corrected chi connectivity index (χ1v) is 6.41. The van der Waals surface area contributed by atoms with Crippen LogP contribution >= 0.6 is 0 Å². The van der Waals surface area contributed by atoms with E-state index in [9.17, 15) is 14.4 Å². The second-order valence-electron chi connectivity index (χ2n) is 4.16. The number of hydrogen-bond donors (Lipinski definition) is 2. The Kier molecular flexibility index (Phi) is 6.67. The van der Waals surface area contributed by atoms with Crippen molar-refractivity contribution in [2.24, 2.45) is 0 Å². The maximum atomic E-state index is 11.5. The Hall–Kier alpha value is -2.63. The number of rotatable bonds is 6. The summed E-state index contributed by atoms with van der Waals surface area (Å²) in [6.45, 7) is 0.282. The van der Waals surface area contributed by atoms with Crippen LogP contribution in [0.25, 0.3) is 6.08 Å². The number of ether oxygens (including phenoxy) is 1. The maximum absolute atomic E-state index is 11.5. The fraction of sp³-hybridized carbons (Fsp3) is 0.267. The van der Waals surface area contributed by atoms with Crippen molar-refractivity contribution in [3.05, 3.63) is 41.5 Å². The molecule has 0 fully saturated rings. The molecule has 1 aromatic carbocycles. The molecule has 0 bridgehead atoms. The van der Waals surface area contributed by atoms with E-state index >= 15 is 0 Å². The molecule has 0 atom stereocenters. The molecule has 0 aliphatic rings.